The first-order valence-electron chi connectivity index (χ1n) is 9.46. The highest BCUT2D eigenvalue weighted by Crippen LogP contribution is 2.26. The number of hydrogen-bond acceptors (Lipinski definition) is 7. The molecule has 0 radical (unpaired) electrons. The van der Waals surface area contributed by atoms with Gasteiger partial charge in [-0.1, -0.05) is 38.5 Å². The molecule has 3 aromatic rings. The van der Waals surface area contributed by atoms with Crippen LogP contribution in [-0.4, -0.2) is 32.9 Å². The van der Waals surface area contributed by atoms with Crippen LogP contribution in [0.1, 0.15) is 50.1 Å². The van der Waals surface area contributed by atoms with Crippen LogP contribution in [0.4, 0.5) is 10.9 Å². The van der Waals surface area contributed by atoms with E-state index in [0.717, 1.165) is 45.2 Å². The zero-order valence-electron chi connectivity index (χ0n) is 16.7. The molecule has 0 atom stereocenters. The Morgan fingerprint density at radius 1 is 1.29 bits per heavy atom. The van der Waals surface area contributed by atoms with Gasteiger partial charge in [-0.2, -0.15) is 0 Å². The van der Waals surface area contributed by atoms with Gasteiger partial charge in [-0.05, 0) is 24.6 Å². The lowest BCUT2D eigenvalue weighted by molar-refractivity contribution is -0.555. The van der Waals surface area contributed by atoms with Crippen LogP contribution in [0.3, 0.4) is 0 Å². The first-order chi connectivity index (χ1) is 13.5. The van der Waals surface area contributed by atoms with Crippen LogP contribution >= 0.6 is 11.3 Å². The lowest BCUT2D eigenvalue weighted by Gasteiger charge is -2.09. The number of aromatic nitrogens is 4. The largest absolute Gasteiger partial charge is 0.322 e. The van der Waals surface area contributed by atoms with Crippen molar-refractivity contribution in [2.45, 2.75) is 39.5 Å². The maximum Gasteiger partial charge on any atom is 0.211 e. The highest BCUT2D eigenvalue weighted by Gasteiger charge is 2.12. The third-order valence-corrected chi connectivity index (χ3v) is 5.32. The summed E-state index contributed by atoms with van der Waals surface area (Å²) in [6.07, 6.45) is 5.46. The van der Waals surface area contributed by atoms with Crippen molar-refractivity contribution in [3.8, 4) is 0 Å². The average Bonchev–Trinajstić information content (AvgIpc) is 3.14. The molecule has 0 unspecified atom stereocenters. The van der Waals surface area contributed by atoms with Crippen molar-refractivity contribution in [3.05, 3.63) is 41.2 Å². The number of nitrogens with zero attached hydrogens (tertiary/aromatic N) is 4. The van der Waals surface area contributed by atoms with Crippen LogP contribution in [0, 0.1) is 5.41 Å². The maximum atomic E-state index is 8.36. The van der Waals surface area contributed by atoms with Gasteiger partial charge >= 0.3 is 0 Å². The summed E-state index contributed by atoms with van der Waals surface area (Å²) >= 11 is 1.53. The van der Waals surface area contributed by atoms with Crippen molar-refractivity contribution in [3.63, 3.8) is 0 Å². The first kappa shape index (κ1) is 20.0. The fraction of sp³-hybridized carbons (Fsp3) is 0.350. The lowest BCUT2D eigenvalue weighted by Crippen LogP contribution is -2.73. The summed E-state index contributed by atoms with van der Waals surface area (Å²) in [6.45, 7) is 6.28. The Labute approximate surface area is 168 Å². The number of quaternary nitrogens is 1. The van der Waals surface area contributed by atoms with Gasteiger partial charge in [-0.25, -0.2) is 4.98 Å². The Bertz CT molecular complexity index is 1010. The van der Waals surface area contributed by atoms with Gasteiger partial charge < -0.3 is 16.0 Å². The fourth-order valence-electron chi connectivity index (χ4n) is 2.77. The first-order valence-corrected chi connectivity index (χ1v) is 10.3. The monoisotopic (exact) mass is 396 g/mol. The molecule has 3 aromatic heterocycles. The molecule has 7 nitrogen and oxygen atoms in total. The normalized spacial score (nSPS) is 12.0. The molecule has 4 N–H and O–H groups in total. The molecule has 28 heavy (non-hydrogen) atoms. The molecule has 0 aliphatic carbocycles. The average molecular weight is 397 g/mol. The van der Waals surface area contributed by atoms with Crippen molar-refractivity contribution in [1.82, 2.24) is 20.2 Å². The van der Waals surface area contributed by atoms with Gasteiger partial charge in [0.25, 0.3) is 0 Å². The molecule has 0 amide bonds. The quantitative estimate of drug-likeness (QED) is 0.504. The van der Waals surface area contributed by atoms with E-state index in [0.29, 0.717) is 17.4 Å². The van der Waals surface area contributed by atoms with Crippen molar-refractivity contribution in [2.24, 2.45) is 0 Å². The number of fused-ring (bicyclic) bond motifs is 1. The van der Waals surface area contributed by atoms with Crippen LogP contribution in [0.2, 0.25) is 0 Å². The standard InChI is InChI=1S/C20H25N7S/c1-5-6-15(21)14(11-22-4)13-9-17-16(23-10-13)7-8-18(24-17)25-20-27-26-19(28-20)12(2)3/h7-12,21-22H,5-6H2,1-4H3,(H,24,25,27)/p+1/b14-11-,21-15?. The van der Waals surface area contributed by atoms with Crippen LogP contribution in [0.25, 0.3) is 16.6 Å². The molecule has 3 heterocycles. The van der Waals surface area contributed by atoms with Crippen LogP contribution in [-0.2, 0) is 0 Å². The molecule has 0 aromatic carbocycles. The van der Waals surface area contributed by atoms with Crippen molar-refractivity contribution >= 4 is 44.6 Å². The van der Waals surface area contributed by atoms with Crippen LogP contribution < -0.4 is 10.6 Å². The minimum atomic E-state index is 0.350. The zero-order chi connectivity index (χ0) is 20.1. The van der Waals surface area contributed by atoms with Gasteiger partial charge in [0.05, 0.1) is 23.7 Å². The van der Waals surface area contributed by atoms with E-state index >= 15 is 0 Å². The number of rotatable bonds is 8. The summed E-state index contributed by atoms with van der Waals surface area (Å²) in [5.74, 6) is 1.05. The second-order valence-electron chi connectivity index (χ2n) is 6.83. The molecule has 8 heteroatoms. The number of anilines is 2. The molecule has 146 valence electrons. The predicted octanol–water partition coefficient (Wildman–Crippen LogP) is 3.70. The van der Waals surface area contributed by atoms with Crippen molar-refractivity contribution in [1.29, 1.82) is 5.41 Å². The minimum Gasteiger partial charge on any atom is -0.322 e. The van der Waals surface area contributed by atoms with E-state index in [1.54, 1.807) is 0 Å². The predicted molar refractivity (Wildman–Crippen MR) is 115 cm³/mol. The number of hydrogen-bond donors (Lipinski definition) is 3. The van der Waals surface area contributed by atoms with E-state index < -0.39 is 0 Å². The minimum absolute atomic E-state index is 0.350. The third-order valence-electron chi connectivity index (χ3n) is 4.18. The number of nitrogens with two attached hydrogens (primary N) is 1. The van der Waals surface area contributed by atoms with Gasteiger partial charge in [0, 0.05) is 23.4 Å². The SMILES string of the molecule is CCCC(=N)/C(=C\[NH2+]C)c1cnc2ccc(Nc3nnc(C(C)C)s3)nc2c1. The van der Waals surface area contributed by atoms with Crippen LogP contribution in [0.5, 0.6) is 0 Å². The Kier molecular flexibility index (Phi) is 6.43. The van der Waals surface area contributed by atoms with Gasteiger partial charge in [-0.3, -0.25) is 4.98 Å². The highest BCUT2D eigenvalue weighted by atomic mass is 32.1. The molecular weight excluding hydrogens is 370 g/mol. The molecule has 0 fully saturated rings. The number of nitrogens with one attached hydrogen (secondary N) is 2. The Hall–Kier alpha value is -2.71. The summed E-state index contributed by atoms with van der Waals surface area (Å²) in [5, 5.41) is 23.7. The molecular formula is C20H26N7S+. The van der Waals surface area contributed by atoms with Crippen molar-refractivity contribution in [2.75, 3.05) is 12.4 Å². The summed E-state index contributed by atoms with van der Waals surface area (Å²) in [7, 11) is 1.96. The molecule has 0 saturated carbocycles. The van der Waals surface area contributed by atoms with E-state index in [2.05, 4.69) is 41.3 Å². The number of pyridine rings is 2. The molecule has 3 rings (SSSR count). The lowest BCUT2D eigenvalue weighted by atomic mass is 10.00. The summed E-state index contributed by atoms with van der Waals surface area (Å²) in [4.78, 5) is 9.23. The molecule has 0 bridgehead atoms. The van der Waals surface area contributed by atoms with Crippen molar-refractivity contribution < 1.29 is 5.32 Å². The van der Waals surface area contributed by atoms with E-state index in [4.69, 9.17) is 10.4 Å². The molecule has 0 aliphatic rings. The summed E-state index contributed by atoms with van der Waals surface area (Å²) in [5.41, 5.74) is 4.01. The van der Waals surface area contributed by atoms with Gasteiger partial charge in [0.15, 0.2) is 0 Å². The van der Waals surface area contributed by atoms with Gasteiger partial charge in [-0.15, -0.1) is 10.2 Å². The molecule has 0 aliphatic heterocycles. The Morgan fingerprint density at radius 2 is 2.11 bits per heavy atom. The number of allylic oxidation sites excluding steroid dienone is 1. The highest BCUT2D eigenvalue weighted by molar-refractivity contribution is 7.15. The topological polar surface area (TPSA) is 104 Å². The summed E-state index contributed by atoms with van der Waals surface area (Å²) < 4.78 is 0. The van der Waals surface area contributed by atoms with E-state index in [9.17, 15) is 0 Å². The Morgan fingerprint density at radius 3 is 2.79 bits per heavy atom. The van der Waals surface area contributed by atoms with Gasteiger partial charge in [0.1, 0.15) is 17.0 Å². The maximum absolute atomic E-state index is 8.36. The zero-order valence-corrected chi connectivity index (χ0v) is 17.5. The van der Waals surface area contributed by atoms with E-state index in [1.165, 1.54) is 11.3 Å². The molecule has 0 saturated heterocycles. The fourth-order valence-corrected chi connectivity index (χ4v) is 3.53. The molecule has 0 spiro atoms. The second kappa shape index (κ2) is 8.99. The summed E-state index contributed by atoms with van der Waals surface area (Å²) in [6, 6.07) is 5.82. The van der Waals surface area contributed by atoms with Crippen LogP contribution in [0.15, 0.2) is 30.6 Å². The Balaban J connectivity index is 1.91. The third kappa shape index (κ3) is 4.58. The van der Waals surface area contributed by atoms with Gasteiger partial charge in [0.2, 0.25) is 5.13 Å². The smallest absolute Gasteiger partial charge is 0.211 e. The van der Waals surface area contributed by atoms with E-state index in [1.807, 2.05) is 43.0 Å². The van der Waals surface area contributed by atoms with E-state index in [-0.39, 0.29) is 0 Å². The second-order valence-corrected chi connectivity index (χ2v) is 7.84.